The van der Waals surface area contributed by atoms with Crippen molar-refractivity contribution in [2.75, 3.05) is 5.32 Å². The lowest BCUT2D eigenvalue weighted by Gasteiger charge is -2.07. The maximum Gasteiger partial charge on any atom is 0.239 e. The number of rotatable bonds is 5. The van der Waals surface area contributed by atoms with E-state index in [4.69, 9.17) is 0 Å². The summed E-state index contributed by atoms with van der Waals surface area (Å²) in [6.45, 7) is 3.90. The summed E-state index contributed by atoms with van der Waals surface area (Å²) in [7, 11) is 0. The van der Waals surface area contributed by atoms with Crippen LogP contribution in [0.3, 0.4) is 0 Å². The van der Waals surface area contributed by atoms with Gasteiger partial charge in [0.1, 0.15) is 5.01 Å². The SMILES string of the molecule is Cc1ccccc1-c1nnc(NC(=O)C(C)Sc2nc3ccccc3s2)s1. The predicted octanol–water partition coefficient (Wildman–Crippen LogP) is 5.24. The number of amides is 1. The normalized spacial score (nSPS) is 12.2. The van der Waals surface area contributed by atoms with Gasteiger partial charge >= 0.3 is 0 Å². The van der Waals surface area contributed by atoms with Gasteiger partial charge in [-0.25, -0.2) is 4.98 Å². The minimum Gasteiger partial charge on any atom is -0.300 e. The molecule has 1 N–H and O–H groups in total. The Labute approximate surface area is 168 Å². The number of nitrogens with zero attached hydrogens (tertiary/aromatic N) is 3. The molecule has 4 aromatic rings. The zero-order valence-corrected chi connectivity index (χ0v) is 17.1. The molecule has 2 aromatic heterocycles. The number of carbonyl (C=O) groups excluding carboxylic acids is 1. The molecule has 0 saturated carbocycles. The third-order valence-corrected chi connectivity index (χ3v) is 7.05. The molecule has 0 fully saturated rings. The van der Waals surface area contributed by atoms with Gasteiger partial charge < -0.3 is 0 Å². The number of hydrogen-bond donors (Lipinski definition) is 1. The van der Waals surface area contributed by atoms with E-state index in [0.717, 1.165) is 30.7 Å². The van der Waals surface area contributed by atoms with Gasteiger partial charge in [-0.05, 0) is 31.5 Å². The number of anilines is 1. The van der Waals surface area contributed by atoms with Crippen molar-refractivity contribution < 1.29 is 4.79 Å². The van der Waals surface area contributed by atoms with E-state index in [1.165, 1.54) is 23.1 Å². The van der Waals surface area contributed by atoms with Crippen LogP contribution in [0.5, 0.6) is 0 Å². The Hall–Kier alpha value is -2.29. The molecule has 2 aromatic carbocycles. The second-order valence-corrected chi connectivity index (χ2v) is 9.52. The molecule has 0 spiro atoms. The van der Waals surface area contributed by atoms with Crippen molar-refractivity contribution >= 4 is 55.7 Å². The summed E-state index contributed by atoms with van der Waals surface area (Å²) >= 11 is 4.43. The molecule has 8 heteroatoms. The second-order valence-electron chi connectivity index (χ2n) is 5.92. The Morgan fingerprint density at radius 2 is 1.85 bits per heavy atom. The van der Waals surface area contributed by atoms with E-state index in [1.54, 1.807) is 11.3 Å². The highest BCUT2D eigenvalue weighted by Gasteiger charge is 2.19. The Morgan fingerprint density at radius 1 is 1.07 bits per heavy atom. The highest BCUT2D eigenvalue weighted by molar-refractivity contribution is 8.02. The summed E-state index contributed by atoms with van der Waals surface area (Å²) < 4.78 is 2.01. The van der Waals surface area contributed by atoms with Crippen molar-refractivity contribution in [1.82, 2.24) is 15.2 Å². The molecule has 0 aliphatic carbocycles. The Morgan fingerprint density at radius 3 is 2.67 bits per heavy atom. The summed E-state index contributed by atoms with van der Waals surface area (Å²) in [5.74, 6) is -0.105. The van der Waals surface area contributed by atoms with Crippen molar-refractivity contribution in [1.29, 1.82) is 0 Å². The maximum absolute atomic E-state index is 12.5. The van der Waals surface area contributed by atoms with Gasteiger partial charge in [-0.15, -0.1) is 21.5 Å². The van der Waals surface area contributed by atoms with E-state index >= 15 is 0 Å². The van der Waals surface area contributed by atoms with Gasteiger partial charge in [0.15, 0.2) is 4.34 Å². The lowest BCUT2D eigenvalue weighted by Crippen LogP contribution is -2.22. The smallest absolute Gasteiger partial charge is 0.239 e. The van der Waals surface area contributed by atoms with Crippen molar-refractivity contribution in [3.8, 4) is 10.6 Å². The first-order valence-electron chi connectivity index (χ1n) is 8.33. The van der Waals surface area contributed by atoms with Gasteiger partial charge in [-0.2, -0.15) is 0 Å². The lowest BCUT2D eigenvalue weighted by molar-refractivity contribution is -0.115. The molecule has 0 aliphatic rings. The lowest BCUT2D eigenvalue weighted by atomic mass is 10.1. The van der Waals surface area contributed by atoms with E-state index in [0.29, 0.717) is 5.13 Å². The van der Waals surface area contributed by atoms with Crippen LogP contribution < -0.4 is 5.32 Å². The zero-order chi connectivity index (χ0) is 18.8. The number of nitrogens with one attached hydrogen (secondary N) is 1. The fourth-order valence-corrected chi connectivity index (χ4v) is 5.56. The standard InChI is InChI=1S/C19H16N4OS3/c1-11-7-3-4-8-13(11)17-22-23-18(27-17)21-16(24)12(2)25-19-20-14-9-5-6-10-15(14)26-19/h3-10,12H,1-2H3,(H,21,23,24). The van der Waals surface area contributed by atoms with Crippen LogP contribution in [0, 0.1) is 6.92 Å². The number of fused-ring (bicyclic) bond motifs is 1. The summed E-state index contributed by atoms with van der Waals surface area (Å²) in [4.78, 5) is 17.1. The van der Waals surface area contributed by atoms with Crippen LogP contribution in [0.15, 0.2) is 52.9 Å². The van der Waals surface area contributed by atoms with Gasteiger partial charge in [0, 0.05) is 5.56 Å². The zero-order valence-electron chi connectivity index (χ0n) is 14.7. The second kappa shape index (κ2) is 7.75. The largest absolute Gasteiger partial charge is 0.300 e. The minimum atomic E-state index is -0.281. The highest BCUT2D eigenvalue weighted by Crippen LogP contribution is 2.33. The van der Waals surface area contributed by atoms with Crippen LogP contribution in [-0.4, -0.2) is 26.3 Å². The number of aryl methyl sites for hydroxylation is 1. The number of hydrogen-bond acceptors (Lipinski definition) is 7. The quantitative estimate of drug-likeness (QED) is 0.454. The third kappa shape index (κ3) is 4.02. The highest BCUT2D eigenvalue weighted by atomic mass is 32.2. The van der Waals surface area contributed by atoms with Gasteiger partial charge in [0.25, 0.3) is 0 Å². The predicted molar refractivity (Wildman–Crippen MR) is 114 cm³/mol. The van der Waals surface area contributed by atoms with E-state index in [9.17, 15) is 4.79 Å². The number of carbonyl (C=O) groups is 1. The number of thiazole rings is 1. The van der Waals surface area contributed by atoms with Gasteiger partial charge in [0.05, 0.1) is 15.5 Å². The minimum absolute atomic E-state index is 0.105. The van der Waals surface area contributed by atoms with Crippen molar-refractivity contribution in [2.24, 2.45) is 0 Å². The summed E-state index contributed by atoms with van der Waals surface area (Å²) in [5, 5.41) is 12.2. The van der Waals surface area contributed by atoms with Crippen molar-refractivity contribution in [3.63, 3.8) is 0 Å². The molecular weight excluding hydrogens is 396 g/mol. The molecule has 0 aliphatic heterocycles. The Kier molecular flexibility index (Phi) is 5.20. The summed E-state index contributed by atoms with van der Waals surface area (Å²) in [5.41, 5.74) is 3.13. The number of aromatic nitrogens is 3. The van der Waals surface area contributed by atoms with E-state index in [-0.39, 0.29) is 11.2 Å². The molecule has 27 heavy (non-hydrogen) atoms. The molecular formula is C19H16N4OS3. The molecule has 5 nitrogen and oxygen atoms in total. The Bertz CT molecular complexity index is 1070. The molecule has 0 bridgehead atoms. The summed E-state index contributed by atoms with van der Waals surface area (Å²) in [6.07, 6.45) is 0. The topological polar surface area (TPSA) is 67.8 Å². The number of benzene rings is 2. The fraction of sp³-hybridized carbons (Fsp3) is 0.158. The first kappa shape index (κ1) is 18.1. The summed E-state index contributed by atoms with van der Waals surface area (Å²) in [6, 6.07) is 16.0. The van der Waals surface area contributed by atoms with Gasteiger partial charge in [-0.3, -0.25) is 10.1 Å². The molecule has 136 valence electrons. The van der Waals surface area contributed by atoms with E-state index in [2.05, 4.69) is 20.5 Å². The van der Waals surface area contributed by atoms with Gasteiger partial charge in [-0.1, -0.05) is 59.5 Å². The Balaban J connectivity index is 1.43. The first-order valence-corrected chi connectivity index (χ1v) is 10.8. The number of para-hydroxylation sites is 1. The van der Waals surface area contributed by atoms with E-state index in [1.807, 2.05) is 62.4 Å². The molecule has 0 radical (unpaired) electrons. The number of thioether (sulfide) groups is 1. The third-order valence-electron chi connectivity index (χ3n) is 3.95. The van der Waals surface area contributed by atoms with Crippen LogP contribution in [0.1, 0.15) is 12.5 Å². The van der Waals surface area contributed by atoms with Crippen molar-refractivity contribution in [2.45, 2.75) is 23.4 Å². The fourth-order valence-electron chi connectivity index (χ4n) is 2.51. The van der Waals surface area contributed by atoms with Crippen LogP contribution >= 0.6 is 34.4 Å². The molecule has 0 saturated heterocycles. The van der Waals surface area contributed by atoms with E-state index < -0.39 is 0 Å². The van der Waals surface area contributed by atoms with Crippen LogP contribution in [0.25, 0.3) is 20.8 Å². The monoisotopic (exact) mass is 412 g/mol. The maximum atomic E-state index is 12.5. The first-order chi connectivity index (χ1) is 13.1. The van der Waals surface area contributed by atoms with Gasteiger partial charge in [0.2, 0.25) is 11.0 Å². The molecule has 1 atom stereocenters. The molecule has 1 amide bonds. The molecule has 1 unspecified atom stereocenters. The molecule has 4 rings (SSSR count). The molecule has 2 heterocycles. The van der Waals surface area contributed by atoms with Crippen LogP contribution in [0.2, 0.25) is 0 Å². The van der Waals surface area contributed by atoms with Crippen LogP contribution in [-0.2, 0) is 4.79 Å². The average molecular weight is 413 g/mol. The average Bonchev–Trinajstić information content (AvgIpc) is 3.28. The van der Waals surface area contributed by atoms with Crippen molar-refractivity contribution in [3.05, 3.63) is 54.1 Å². The van der Waals surface area contributed by atoms with Crippen LogP contribution in [0.4, 0.5) is 5.13 Å².